The Balaban J connectivity index is 2.37. The monoisotopic (exact) mass is 168 g/mol. The van der Waals surface area contributed by atoms with Crippen LogP contribution in [-0.2, 0) is 4.79 Å². The lowest BCUT2D eigenvalue weighted by molar-refractivity contribution is -0.122. The third-order valence-electron chi connectivity index (χ3n) is 1.54. The fraction of sp³-hybridized carbons (Fsp3) is 0.200. The topological polar surface area (TPSA) is 94.4 Å². The van der Waals surface area contributed by atoms with Crippen LogP contribution in [0, 0.1) is 0 Å². The fourth-order valence-electron chi connectivity index (χ4n) is 0.983. The summed E-state index contributed by atoms with van der Waals surface area (Å²) in [6, 6.07) is -1.78. The first-order valence-corrected chi connectivity index (χ1v) is 3.13. The summed E-state index contributed by atoms with van der Waals surface area (Å²) in [6.45, 7) is 0. The Bertz CT molecular complexity index is 321. The third-order valence-corrected chi connectivity index (χ3v) is 1.54. The molecule has 3 amide bonds. The van der Waals surface area contributed by atoms with E-state index in [1.807, 2.05) is 5.32 Å². The van der Waals surface area contributed by atoms with E-state index in [4.69, 9.17) is 5.21 Å². The number of hydrogen-bond donors (Lipinski definition) is 2. The molecule has 1 unspecified atom stereocenters. The minimum atomic E-state index is -0.902. The van der Waals surface area contributed by atoms with Gasteiger partial charge in [0.2, 0.25) is 0 Å². The van der Waals surface area contributed by atoms with Crippen LogP contribution in [0.5, 0.6) is 0 Å². The van der Waals surface area contributed by atoms with Crippen LogP contribution in [0.15, 0.2) is 9.98 Å². The molecule has 0 aliphatic carbocycles. The predicted molar refractivity (Wildman–Crippen MR) is 36.9 cm³/mol. The van der Waals surface area contributed by atoms with Gasteiger partial charge in [-0.05, 0) is 0 Å². The molecule has 0 radical (unpaired) electrons. The highest BCUT2D eigenvalue weighted by Gasteiger charge is 2.39. The first-order chi connectivity index (χ1) is 5.70. The highest BCUT2D eigenvalue weighted by Crippen LogP contribution is 2.09. The molecule has 0 aromatic rings. The van der Waals surface area contributed by atoms with Crippen molar-refractivity contribution < 1.29 is 14.8 Å². The number of carbonyl (C=O) groups excluding carboxylic acids is 2. The first-order valence-electron chi connectivity index (χ1n) is 3.13. The lowest BCUT2D eigenvalue weighted by Crippen LogP contribution is -2.57. The van der Waals surface area contributed by atoms with E-state index >= 15 is 0 Å². The molecule has 1 atom stereocenters. The van der Waals surface area contributed by atoms with Crippen molar-refractivity contribution in [3.63, 3.8) is 0 Å². The van der Waals surface area contributed by atoms with Crippen molar-refractivity contribution in [3.05, 3.63) is 0 Å². The minimum Gasteiger partial charge on any atom is -0.278 e. The van der Waals surface area contributed by atoms with E-state index in [9.17, 15) is 9.59 Å². The van der Waals surface area contributed by atoms with Crippen LogP contribution in [0.1, 0.15) is 0 Å². The van der Waals surface area contributed by atoms with Crippen LogP contribution >= 0.6 is 0 Å². The standard InChI is InChI=1S/C5H4N4O3/c10-4-2-3(7-1-6-2)9(12)5(11)8-4/h1-2,12H,(H,8,10,11). The van der Waals surface area contributed by atoms with Crippen molar-refractivity contribution in [3.8, 4) is 0 Å². The summed E-state index contributed by atoms with van der Waals surface area (Å²) in [4.78, 5) is 28.9. The number of amidine groups is 1. The second-order valence-corrected chi connectivity index (χ2v) is 2.26. The maximum atomic E-state index is 11.0. The smallest absolute Gasteiger partial charge is 0.278 e. The van der Waals surface area contributed by atoms with E-state index < -0.39 is 18.0 Å². The van der Waals surface area contributed by atoms with Gasteiger partial charge >= 0.3 is 6.03 Å². The normalized spacial score (nSPS) is 26.9. The number of fused-ring (bicyclic) bond motifs is 1. The van der Waals surface area contributed by atoms with Gasteiger partial charge in [0.25, 0.3) is 5.91 Å². The molecule has 7 heteroatoms. The van der Waals surface area contributed by atoms with Gasteiger partial charge in [-0.25, -0.2) is 9.79 Å². The molecule has 7 nitrogen and oxygen atoms in total. The van der Waals surface area contributed by atoms with E-state index in [-0.39, 0.29) is 10.9 Å². The molecular formula is C5H4N4O3. The maximum Gasteiger partial charge on any atom is 0.353 e. The Morgan fingerprint density at radius 2 is 2.33 bits per heavy atom. The van der Waals surface area contributed by atoms with Gasteiger partial charge in [0, 0.05) is 0 Å². The number of hydrogen-bond acceptors (Lipinski definition) is 5. The highest BCUT2D eigenvalue weighted by atomic mass is 16.5. The lowest BCUT2D eigenvalue weighted by atomic mass is 10.2. The molecule has 0 spiro atoms. The van der Waals surface area contributed by atoms with Crippen molar-refractivity contribution in [1.82, 2.24) is 10.4 Å². The van der Waals surface area contributed by atoms with Gasteiger partial charge in [0.15, 0.2) is 11.9 Å². The van der Waals surface area contributed by atoms with Crippen LogP contribution in [-0.4, -0.2) is 40.4 Å². The van der Waals surface area contributed by atoms with Crippen LogP contribution in [0.2, 0.25) is 0 Å². The number of nitrogens with zero attached hydrogens (tertiary/aromatic N) is 3. The Morgan fingerprint density at radius 3 is 3.08 bits per heavy atom. The van der Waals surface area contributed by atoms with Crippen molar-refractivity contribution in [1.29, 1.82) is 0 Å². The van der Waals surface area contributed by atoms with Crippen molar-refractivity contribution in [2.45, 2.75) is 6.04 Å². The molecule has 0 saturated carbocycles. The molecule has 2 aliphatic rings. The number of carbonyl (C=O) groups is 2. The molecular weight excluding hydrogens is 164 g/mol. The van der Waals surface area contributed by atoms with Gasteiger partial charge < -0.3 is 0 Å². The van der Waals surface area contributed by atoms with Gasteiger partial charge in [0.05, 0.1) is 0 Å². The molecule has 0 bridgehead atoms. The summed E-state index contributed by atoms with van der Waals surface area (Å²) in [5, 5.41) is 11.2. The maximum absolute atomic E-state index is 11.0. The Morgan fingerprint density at radius 1 is 1.58 bits per heavy atom. The SMILES string of the molecule is O=C1NC(=O)N(O)C2=NC=NC12. The lowest BCUT2D eigenvalue weighted by Gasteiger charge is -2.23. The first kappa shape index (κ1) is 6.92. The van der Waals surface area contributed by atoms with Gasteiger partial charge in [0.1, 0.15) is 6.34 Å². The average molecular weight is 168 g/mol. The number of nitrogens with one attached hydrogen (secondary N) is 1. The Kier molecular flexibility index (Phi) is 1.22. The summed E-state index contributed by atoms with van der Waals surface area (Å²) in [7, 11) is 0. The number of hydroxylamine groups is 2. The van der Waals surface area contributed by atoms with Crippen LogP contribution in [0.3, 0.4) is 0 Å². The second-order valence-electron chi connectivity index (χ2n) is 2.26. The number of imide groups is 1. The molecule has 62 valence electrons. The van der Waals surface area contributed by atoms with Gasteiger partial charge in [-0.3, -0.25) is 20.3 Å². The average Bonchev–Trinajstić information content (AvgIpc) is 2.48. The van der Waals surface area contributed by atoms with Gasteiger partial charge in [-0.2, -0.15) is 5.06 Å². The summed E-state index contributed by atoms with van der Waals surface area (Å²) in [5.41, 5.74) is 0. The predicted octanol–water partition coefficient (Wildman–Crippen LogP) is -1.26. The zero-order chi connectivity index (χ0) is 8.72. The molecule has 2 heterocycles. The van der Waals surface area contributed by atoms with E-state index in [2.05, 4.69) is 9.98 Å². The Hall–Kier alpha value is -1.76. The molecule has 12 heavy (non-hydrogen) atoms. The molecule has 2 N–H and O–H groups in total. The van der Waals surface area contributed by atoms with Crippen molar-refractivity contribution >= 4 is 24.1 Å². The largest absolute Gasteiger partial charge is 0.353 e. The van der Waals surface area contributed by atoms with Gasteiger partial charge in [-0.1, -0.05) is 0 Å². The van der Waals surface area contributed by atoms with Crippen LogP contribution < -0.4 is 5.32 Å². The minimum absolute atomic E-state index is 0.0521. The van der Waals surface area contributed by atoms with Crippen LogP contribution in [0.25, 0.3) is 0 Å². The highest BCUT2D eigenvalue weighted by molar-refractivity contribution is 6.22. The van der Waals surface area contributed by atoms with Crippen LogP contribution in [0.4, 0.5) is 4.79 Å². The molecule has 2 aliphatic heterocycles. The number of amides is 3. The quantitative estimate of drug-likeness (QED) is 0.442. The zero-order valence-electron chi connectivity index (χ0n) is 5.76. The number of urea groups is 1. The van der Waals surface area contributed by atoms with E-state index in [0.29, 0.717) is 0 Å². The molecule has 0 aromatic carbocycles. The third kappa shape index (κ3) is 0.735. The molecule has 1 saturated heterocycles. The number of rotatable bonds is 0. The number of aliphatic imine (C=N–C) groups is 2. The molecule has 2 rings (SSSR count). The Labute approximate surface area is 66.4 Å². The van der Waals surface area contributed by atoms with E-state index in [1.54, 1.807) is 0 Å². The summed E-state index contributed by atoms with van der Waals surface area (Å²) in [5.74, 6) is -0.624. The molecule has 0 aromatic heterocycles. The molecule has 1 fully saturated rings. The van der Waals surface area contributed by atoms with E-state index in [0.717, 1.165) is 6.34 Å². The zero-order valence-corrected chi connectivity index (χ0v) is 5.76. The second kappa shape index (κ2) is 2.11. The summed E-state index contributed by atoms with van der Waals surface area (Å²) in [6.07, 6.45) is 1.13. The van der Waals surface area contributed by atoms with Gasteiger partial charge in [-0.15, -0.1) is 0 Å². The fourth-order valence-corrected chi connectivity index (χ4v) is 0.983. The van der Waals surface area contributed by atoms with E-state index in [1.165, 1.54) is 0 Å². The van der Waals surface area contributed by atoms with Crippen molar-refractivity contribution in [2.75, 3.05) is 0 Å². The summed E-state index contributed by atoms with van der Waals surface area (Å²) < 4.78 is 0. The van der Waals surface area contributed by atoms with Crippen molar-refractivity contribution in [2.24, 2.45) is 9.98 Å². The summed E-state index contributed by atoms with van der Waals surface area (Å²) >= 11 is 0.